The van der Waals surface area contributed by atoms with Gasteiger partial charge in [-0.25, -0.2) is 0 Å². The maximum atomic E-state index is 13.2. The maximum absolute atomic E-state index is 13.2. The van der Waals surface area contributed by atoms with Crippen LogP contribution in [0.15, 0.2) is 103 Å². The van der Waals surface area contributed by atoms with Crippen LogP contribution in [0.2, 0.25) is 10.0 Å². The third-order valence-electron chi connectivity index (χ3n) is 9.34. The Morgan fingerprint density at radius 1 is 0.667 bits per heavy atom. The number of aromatic hydroxyl groups is 2. The van der Waals surface area contributed by atoms with Gasteiger partial charge in [0.05, 0.1) is 28.7 Å². The van der Waals surface area contributed by atoms with Crippen LogP contribution in [0.5, 0.6) is 17.2 Å². The van der Waals surface area contributed by atoms with Gasteiger partial charge in [0, 0.05) is 47.1 Å². The summed E-state index contributed by atoms with van der Waals surface area (Å²) in [5, 5.41) is 30.7. The summed E-state index contributed by atoms with van der Waals surface area (Å²) >= 11 is 13.2. The molecule has 9 nitrogen and oxygen atoms in total. The summed E-state index contributed by atoms with van der Waals surface area (Å²) in [5.41, 5.74) is 3.25. The second-order valence-corrected chi connectivity index (χ2v) is 13.9. The van der Waals surface area contributed by atoms with Gasteiger partial charge in [0.1, 0.15) is 28.3 Å². The smallest absolute Gasteiger partial charge is 0.220 e. The summed E-state index contributed by atoms with van der Waals surface area (Å²) in [6, 6.07) is 26.0. The minimum absolute atomic E-state index is 0.0184. The Hall–Kier alpha value is -5.38. The van der Waals surface area contributed by atoms with Gasteiger partial charge in [0.15, 0.2) is 0 Å². The Kier molecular flexibility index (Phi) is 12.9. The van der Waals surface area contributed by atoms with E-state index in [1.165, 1.54) is 0 Å². The Balaban J connectivity index is 1.05. The molecule has 0 spiro atoms. The highest BCUT2D eigenvalue weighted by Crippen LogP contribution is 2.40. The number of carbonyl (C=O) groups is 2. The Morgan fingerprint density at radius 3 is 1.72 bits per heavy atom. The molecule has 0 saturated carbocycles. The van der Waals surface area contributed by atoms with E-state index >= 15 is 0 Å². The van der Waals surface area contributed by atoms with Crippen molar-refractivity contribution in [1.82, 2.24) is 20.6 Å². The van der Waals surface area contributed by atoms with Crippen molar-refractivity contribution < 1.29 is 24.5 Å². The Labute approximate surface area is 324 Å². The lowest BCUT2D eigenvalue weighted by Gasteiger charge is -2.22. The van der Waals surface area contributed by atoms with Crippen molar-refractivity contribution in [1.29, 1.82) is 0 Å². The lowest BCUT2D eigenvalue weighted by Crippen LogP contribution is -2.29. The first-order valence-corrected chi connectivity index (χ1v) is 18.9. The molecule has 2 aromatic heterocycles. The summed E-state index contributed by atoms with van der Waals surface area (Å²) in [6.45, 7) is 2.48. The molecule has 2 amide bonds. The van der Waals surface area contributed by atoms with Gasteiger partial charge in [0.2, 0.25) is 11.8 Å². The molecule has 0 aliphatic rings. The number of rotatable bonds is 16. The molecule has 2 unspecified atom stereocenters. The third-order valence-corrected chi connectivity index (χ3v) is 9.97. The molecule has 11 heteroatoms. The SMILES string of the molecule is CCCCC(=O)NC(c1ccc(OCCCCCC(=O)NC(c2ccccc2)c2cc(Cl)c3cccnc3c2O)cc1)c1cc(Cl)c2cccnc2c1O. The molecule has 0 bridgehead atoms. The minimum atomic E-state index is -0.654. The van der Waals surface area contributed by atoms with Crippen molar-refractivity contribution in [3.8, 4) is 17.2 Å². The summed E-state index contributed by atoms with van der Waals surface area (Å²) in [6.07, 6.45) is 7.62. The molecular weight excluding hydrogens is 723 g/mol. The Morgan fingerprint density at radius 2 is 1.19 bits per heavy atom. The van der Waals surface area contributed by atoms with Gasteiger partial charge in [-0.3, -0.25) is 19.6 Å². The van der Waals surface area contributed by atoms with Crippen LogP contribution in [0.4, 0.5) is 0 Å². The zero-order valence-corrected chi connectivity index (χ0v) is 31.4. The van der Waals surface area contributed by atoms with Crippen molar-refractivity contribution in [3.63, 3.8) is 0 Å². The van der Waals surface area contributed by atoms with Gasteiger partial charge >= 0.3 is 0 Å². The molecule has 0 aliphatic heterocycles. The second kappa shape index (κ2) is 18.1. The molecule has 4 N–H and O–H groups in total. The number of unbranched alkanes of at least 4 members (excludes halogenated alkanes) is 3. The number of carbonyl (C=O) groups excluding carboxylic acids is 2. The lowest BCUT2D eigenvalue weighted by atomic mass is 9.95. The fraction of sp³-hybridized carbons (Fsp3) is 0.256. The van der Waals surface area contributed by atoms with Gasteiger partial charge in [-0.2, -0.15) is 0 Å². The molecule has 0 saturated heterocycles. The number of fused-ring (bicyclic) bond motifs is 2. The third kappa shape index (κ3) is 9.04. The van der Waals surface area contributed by atoms with Crippen LogP contribution >= 0.6 is 23.2 Å². The van der Waals surface area contributed by atoms with Crippen LogP contribution in [0.25, 0.3) is 21.8 Å². The first-order valence-electron chi connectivity index (χ1n) is 18.1. The number of halogens is 2. The fourth-order valence-corrected chi connectivity index (χ4v) is 7.03. The normalized spacial score (nSPS) is 12.4. The topological polar surface area (TPSA) is 134 Å². The van der Waals surface area contributed by atoms with Crippen LogP contribution in [0.1, 0.15) is 86.2 Å². The first kappa shape index (κ1) is 38.3. The minimum Gasteiger partial charge on any atom is -0.505 e. The number of phenols is 2. The summed E-state index contributed by atoms with van der Waals surface area (Å²) in [5.74, 6) is 0.326. The summed E-state index contributed by atoms with van der Waals surface area (Å²) in [7, 11) is 0. The average Bonchev–Trinajstić information content (AvgIpc) is 3.20. The van der Waals surface area contributed by atoms with Crippen molar-refractivity contribution >= 4 is 56.8 Å². The van der Waals surface area contributed by atoms with E-state index in [0.29, 0.717) is 74.6 Å². The van der Waals surface area contributed by atoms with E-state index in [2.05, 4.69) is 20.6 Å². The van der Waals surface area contributed by atoms with E-state index in [4.69, 9.17) is 27.9 Å². The number of amides is 2. The van der Waals surface area contributed by atoms with E-state index in [1.54, 1.807) is 48.8 Å². The molecule has 0 fully saturated rings. The maximum Gasteiger partial charge on any atom is 0.220 e. The number of benzene rings is 4. The first-order chi connectivity index (χ1) is 26.2. The highest BCUT2D eigenvalue weighted by molar-refractivity contribution is 6.36. The molecule has 0 aliphatic carbocycles. The zero-order valence-electron chi connectivity index (χ0n) is 29.9. The predicted octanol–water partition coefficient (Wildman–Crippen LogP) is 9.74. The largest absolute Gasteiger partial charge is 0.505 e. The van der Waals surface area contributed by atoms with Crippen molar-refractivity contribution in [2.24, 2.45) is 0 Å². The number of ether oxygens (including phenoxy) is 1. The number of aromatic nitrogens is 2. The zero-order chi connectivity index (χ0) is 38.0. The average molecular weight is 766 g/mol. The molecule has 6 rings (SSSR count). The summed E-state index contributed by atoms with van der Waals surface area (Å²) in [4.78, 5) is 34.8. The van der Waals surface area contributed by atoms with Crippen LogP contribution in [0.3, 0.4) is 0 Å². The highest BCUT2D eigenvalue weighted by Gasteiger charge is 2.25. The van der Waals surface area contributed by atoms with Crippen LogP contribution < -0.4 is 15.4 Å². The van der Waals surface area contributed by atoms with E-state index in [9.17, 15) is 19.8 Å². The van der Waals surface area contributed by atoms with Crippen LogP contribution in [-0.4, -0.2) is 38.6 Å². The Bertz CT molecular complexity index is 2230. The molecule has 54 heavy (non-hydrogen) atoms. The standard InChI is InChI=1S/C43H42Cl2N4O5/c1-2-3-16-36(50)48-39(33-26-35(45)31-15-11-23-47-41(31)43(33)53)28-18-20-29(21-19-28)54-24-9-5-8-17-37(51)49-38(27-12-6-4-7-13-27)32-25-34(44)30-14-10-22-46-40(30)42(32)52/h4,6-7,10-15,18-23,25-26,38-39,52-53H,2-3,5,8-9,16-17,24H2,1H3,(H,48,50)(H,49,51). The number of hydrogen-bond donors (Lipinski definition) is 4. The number of pyridine rings is 2. The number of phenolic OH excluding ortho intramolecular Hbond substituents is 2. The van der Waals surface area contributed by atoms with Gasteiger partial charge in [0.25, 0.3) is 0 Å². The van der Waals surface area contributed by atoms with E-state index in [1.807, 2.05) is 61.5 Å². The van der Waals surface area contributed by atoms with E-state index in [-0.39, 0.29) is 23.3 Å². The van der Waals surface area contributed by atoms with Crippen molar-refractivity contribution in [2.75, 3.05) is 6.61 Å². The quantitative estimate of drug-likeness (QED) is 0.0721. The molecule has 4 aromatic carbocycles. The molecule has 2 heterocycles. The van der Waals surface area contributed by atoms with Crippen molar-refractivity contribution in [3.05, 3.63) is 136 Å². The van der Waals surface area contributed by atoms with Gasteiger partial charge in [-0.1, -0.05) is 79.0 Å². The van der Waals surface area contributed by atoms with E-state index in [0.717, 1.165) is 36.8 Å². The fourth-order valence-electron chi connectivity index (χ4n) is 6.49. The molecule has 6 aromatic rings. The monoisotopic (exact) mass is 764 g/mol. The summed E-state index contributed by atoms with van der Waals surface area (Å²) < 4.78 is 6.01. The highest BCUT2D eigenvalue weighted by atomic mass is 35.5. The van der Waals surface area contributed by atoms with Gasteiger partial charge in [-0.05, 0) is 85.3 Å². The predicted molar refractivity (Wildman–Crippen MR) is 213 cm³/mol. The van der Waals surface area contributed by atoms with Gasteiger partial charge < -0.3 is 25.6 Å². The van der Waals surface area contributed by atoms with Gasteiger partial charge in [-0.15, -0.1) is 0 Å². The number of nitrogens with zero attached hydrogens (tertiary/aromatic N) is 2. The molecule has 2 atom stereocenters. The van der Waals surface area contributed by atoms with Crippen molar-refractivity contribution in [2.45, 2.75) is 64.0 Å². The number of hydrogen-bond acceptors (Lipinski definition) is 7. The molecule has 278 valence electrons. The van der Waals surface area contributed by atoms with E-state index < -0.39 is 12.1 Å². The number of nitrogens with one attached hydrogen (secondary N) is 2. The lowest BCUT2D eigenvalue weighted by molar-refractivity contribution is -0.122. The van der Waals surface area contributed by atoms with Crippen LogP contribution in [0, 0.1) is 0 Å². The molecular formula is C43H42Cl2N4O5. The second-order valence-electron chi connectivity index (χ2n) is 13.1. The molecule has 0 radical (unpaired) electrons. The van der Waals surface area contributed by atoms with Crippen LogP contribution in [-0.2, 0) is 9.59 Å².